The molecule has 1 aliphatic rings. The number of carbonyl (C=O) groups excluding carboxylic acids is 1. The Balaban J connectivity index is 1.96. The lowest BCUT2D eigenvalue weighted by Crippen LogP contribution is -2.45. The van der Waals surface area contributed by atoms with Crippen LogP contribution in [0.3, 0.4) is 0 Å². The Labute approximate surface area is 125 Å². The molecule has 1 aromatic rings. The second-order valence-corrected chi connectivity index (χ2v) is 5.69. The molecule has 7 nitrogen and oxygen atoms in total. The molecule has 2 unspecified atom stereocenters. The number of β-amino-alcohol motifs (C(OH)–C–C–N with tert-alkyl or cyclic N) is 1. The van der Waals surface area contributed by atoms with Gasteiger partial charge in [-0.25, -0.2) is 0 Å². The van der Waals surface area contributed by atoms with Crippen LogP contribution in [0.5, 0.6) is 0 Å². The molecule has 4 N–H and O–H groups in total. The molecule has 7 heteroatoms. The molecule has 0 saturated carbocycles. The first-order valence-corrected chi connectivity index (χ1v) is 7.37. The molecule has 118 valence electrons. The Morgan fingerprint density at radius 1 is 1.52 bits per heavy atom. The van der Waals surface area contributed by atoms with E-state index < -0.39 is 6.10 Å². The van der Waals surface area contributed by atoms with E-state index >= 15 is 0 Å². The summed E-state index contributed by atoms with van der Waals surface area (Å²) in [6.45, 7) is 5.45. The summed E-state index contributed by atoms with van der Waals surface area (Å²) in [5, 5.41) is 17.3. The summed E-state index contributed by atoms with van der Waals surface area (Å²) in [5.74, 6) is 0.0232. The van der Waals surface area contributed by atoms with Crippen molar-refractivity contribution < 1.29 is 9.90 Å². The van der Waals surface area contributed by atoms with Gasteiger partial charge in [0.1, 0.15) is 0 Å². The minimum atomic E-state index is -0.576. The molecular weight excluding hydrogens is 270 g/mol. The average molecular weight is 295 g/mol. The van der Waals surface area contributed by atoms with Crippen LogP contribution in [-0.4, -0.2) is 58.0 Å². The van der Waals surface area contributed by atoms with E-state index in [-0.39, 0.29) is 11.9 Å². The molecule has 1 fully saturated rings. The van der Waals surface area contributed by atoms with Crippen molar-refractivity contribution in [3.63, 3.8) is 0 Å². The van der Waals surface area contributed by atoms with Crippen LogP contribution < -0.4 is 11.1 Å². The first-order valence-electron chi connectivity index (χ1n) is 7.37. The van der Waals surface area contributed by atoms with Crippen LogP contribution in [0.15, 0.2) is 0 Å². The lowest BCUT2D eigenvalue weighted by atomic mass is 10.2. The number of likely N-dealkylation sites (N-methyl/N-ethyl adjacent to an activating group) is 1. The van der Waals surface area contributed by atoms with E-state index in [9.17, 15) is 9.90 Å². The van der Waals surface area contributed by atoms with Crippen LogP contribution in [0, 0.1) is 13.8 Å². The van der Waals surface area contributed by atoms with E-state index in [1.54, 1.807) is 11.7 Å². The molecule has 1 aromatic heterocycles. The van der Waals surface area contributed by atoms with Crippen LogP contribution in [0.4, 0.5) is 5.69 Å². The minimum Gasteiger partial charge on any atom is -0.396 e. The molecule has 2 rings (SSSR count). The second-order valence-electron chi connectivity index (χ2n) is 5.69. The number of hydrogen-bond acceptors (Lipinski definition) is 5. The number of aliphatic hydroxyl groups excluding tert-OH is 1. The van der Waals surface area contributed by atoms with E-state index in [4.69, 9.17) is 5.73 Å². The fourth-order valence-corrected chi connectivity index (χ4v) is 2.92. The van der Waals surface area contributed by atoms with E-state index in [0.717, 1.165) is 30.8 Å². The molecule has 1 saturated heterocycles. The summed E-state index contributed by atoms with van der Waals surface area (Å²) in [7, 11) is 1.65. The van der Waals surface area contributed by atoms with E-state index in [1.165, 1.54) is 0 Å². The van der Waals surface area contributed by atoms with Gasteiger partial charge in [-0.3, -0.25) is 14.4 Å². The number of likely N-dealkylation sites (tertiary alicyclic amines) is 1. The fraction of sp³-hybridized carbons (Fsp3) is 0.714. The van der Waals surface area contributed by atoms with Crippen LogP contribution in [0.1, 0.15) is 24.2 Å². The first kappa shape index (κ1) is 15.8. The third-order valence-electron chi connectivity index (χ3n) is 4.18. The van der Waals surface area contributed by atoms with Crippen molar-refractivity contribution >= 4 is 11.6 Å². The molecule has 0 aromatic carbocycles. The predicted octanol–water partition coefficient (Wildman–Crippen LogP) is -0.347. The van der Waals surface area contributed by atoms with Crippen LogP contribution >= 0.6 is 0 Å². The van der Waals surface area contributed by atoms with Gasteiger partial charge in [-0.1, -0.05) is 0 Å². The summed E-state index contributed by atoms with van der Waals surface area (Å²) in [5.41, 5.74) is 8.22. The zero-order chi connectivity index (χ0) is 15.6. The molecule has 0 radical (unpaired) electrons. The number of nitrogens with one attached hydrogen (secondary N) is 1. The Bertz CT molecular complexity index is 514. The molecule has 1 aliphatic heterocycles. The van der Waals surface area contributed by atoms with Gasteiger partial charge in [-0.15, -0.1) is 0 Å². The minimum absolute atomic E-state index is 0.0232. The van der Waals surface area contributed by atoms with Crippen LogP contribution in [0.2, 0.25) is 0 Å². The molecular formula is C14H25N5O2. The lowest BCUT2D eigenvalue weighted by Gasteiger charge is -2.25. The number of anilines is 1. The van der Waals surface area contributed by atoms with Gasteiger partial charge in [0.25, 0.3) is 0 Å². The summed E-state index contributed by atoms with van der Waals surface area (Å²) >= 11 is 0. The van der Waals surface area contributed by atoms with Crippen molar-refractivity contribution in [2.24, 2.45) is 0 Å². The smallest absolute Gasteiger partial charge is 0.237 e. The van der Waals surface area contributed by atoms with E-state index in [1.807, 2.05) is 18.7 Å². The monoisotopic (exact) mass is 295 g/mol. The van der Waals surface area contributed by atoms with Crippen molar-refractivity contribution in [1.82, 2.24) is 20.0 Å². The average Bonchev–Trinajstić information content (AvgIpc) is 2.99. The van der Waals surface area contributed by atoms with E-state index in [2.05, 4.69) is 10.4 Å². The van der Waals surface area contributed by atoms with Gasteiger partial charge in [0, 0.05) is 13.6 Å². The van der Waals surface area contributed by atoms with Gasteiger partial charge >= 0.3 is 0 Å². The van der Waals surface area contributed by atoms with Crippen molar-refractivity contribution in [3.05, 3.63) is 11.4 Å². The summed E-state index contributed by atoms with van der Waals surface area (Å²) < 4.78 is 1.74. The first-order chi connectivity index (χ1) is 9.93. The molecule has 2 atom stereocenters. The highest BCUT2D eigenvalue weighted by molar-refractivity contribution is 5.81. The zero-order valence-corrected chi connectivity index (χ0v) is 13.0. The van der Waals surface area contributed by atoms with Crippen molar-refractivity contribution in [2.45, 2.75) is 45.4 Å². The molecule has 0 bridgehead atoms. The topological polar surface area (TPSA) is 96.4 Å². The summed E-state index contributed by atoms with van der Waals surface area (Å²) in [6.07, 6.45) is 1.25. The zero-order valence-electron chi connectivity index (χ0n) is 13.0. The Hall–Kier alpha value is -1.60. The maximum absolute atomic E-state index is 11.8. The van der Waals surface area contributed by atoms with E-state index in [0.29, 0.717) is 18.8 Å². The number of carbonyl (C=O) groups is 1. The maximum atomic E-state index is 11.8. The third kappa shape index (κ3) is 3.36. The Morgan fingerprint density at radius 2 is 2.24 bits per heavy atom. The number of nitrogens with zero attached hydrogens (tertiary/aromatic N) is 3. The predicted molar refractivity (Wildman–Crippen MR) is 80.8 cm³/mol. The molecule has 21 heavy (non-hydrogen) atoms. The number of aliphatic hydroxyl groups is 1. The van der Waals surface area contributed by atoms with Gasteiger partial charge in [0.05, 0.1) is 35.8 Å². The normalized spacial score (nSPS) is 20.7. The van der Waals surface area contributed by atoms with Gasteiger partial charge in [0.2, 0.25) is 5.91 Å². The van der Waals surface area contributed by atoms with Crippen molar-refractivity contribution in [1.29, 1.82) is 0 Å². The largest absolute Gasteiger partial charge is 0.396 e. The quantitative estimate of drug-likeness (QED) is 0.690. The van der Waals surface area contributed by atoms with Gasteiger partial charge in [0.15, 0.2) is 0 Å². The number of aryl methyl sites for hydroxylation is 1. The van der Waals surface area contributed by atoms with Gasteiger partial charge < -0.3 is 16.2 Å². The standard InChI is InChI=1S/C14H25N5O2/c1-9-13(15)10(2)19(17-9)8-11(20)7-18-6-4-5-12(18)14(21)16-3/h11-12,20H,4-8,15H2,1-3H3,(H,16,21). The molecule has 0 spiro atoms. The number of rotatable bonds is 5. The summed E-state index contributed by atoms with van der Waals surface area (Å²) in [6, 6.07) is -0.129. The SMILES string of the molecule is CNC(=O)C1CCCN1CC(O)Cn1nc(C)c(N)c1C. The molecule has 1 amide bonds. The second kappa shape index (κ2) is 6.44. The number of nitrogen functional groups attached to an aromatic ring is 1. The van der Waals surface area contributed by atoms with Crippen LogP contribution in [-0.2, 0) is 11.3 Å². The maximum Gasteiger partial charge on any atom is 0.237 e. The molecule has 2 heterocycles. The number of amides is 1. The highest BCUT2D eigenvalue weighted by Gasteiger charge is 2.31. The Morgan fingerprint density at radius 3 is 2.81 bits per heavy atom. The van der Waals surface area contributed by atoms with Gasteiger partial charge in [-0.2, -0.15) is 5.10 Å². The number of aromatic nitrogens is 2. The highest BCUT2D eigenvalue weighted by atomic mass is 16.3. The number of hydrogen-bond donors (Lipinski definition) is 3. The molecule has 0 aliphatic carbocycles. The highest BCUT2D eigenvalue weighted by Crippen LogP contribution is 2.19. The van der Waals surface area contributed by atoms with Gasteiger partial charge in [-0.05, 0) is 33.2 Å². The van der Waals surface area contributed by atoms with Crippen molar-refractivity contribution in [3.8, 4) is 0 Å². The Kier molecular flexibility index (Phi) is 4.84. The number of nitrogens with two attached hydrogens (primary N) is 1. The third-order valence-corrected chi connectivity index (χ3v) is 4.18. The lowest BCUT2D eigenvalue weighted by molar-refractivity contribution is -0.125. The van der Waals surface area contributed by atoms with Crippen molar-refractivity contribution in [2.75, 3.05) is 25.9 Å². The fourth-order valence-electron chi connectivity index (χ4n) is 2.92. The summed E-state index contributed by atoms with van der Waals surface area (Å²) in [4.78, 5) is 13.8. The van der Waals surface area contributed by atoms with Crippen LogP contribution in [0.25, 0.3) is 0 Å².